The van der Waals surface area contributed by atoms with Crippen molar-refractivity contribution in [3.8, 4) is 46.0 Å². The minimum Gasteiger partial charge on any atom is -0.496 e. The maximum Gasteiger partial charge on any atom is 0.411 e. The minimum atomic E-state index is -1.38. The Kier molecular flexibility index (Phi) is 6.27. The predicted molar refractivity (Wildman–Crippen MR) is 138 cm³/mol. The van der Waals surface area contributed by atoms with Gasteiger partial charge in [-0.15, -0.1) is 11.3 Å². The summed E-state index contributed by atoms with van der Waals surface area (Å²) >= 11 is 1.34. The van der Waals surface area contributed by atoms with Crippen LogP contribution in [0.15, 0.2) is 60.5 Å². The molecular weight excluding hydrogens is 492 g/mol. The van der Waals surface area contributed by atoms with Crippen LogP contribution in [0.5, 0.6) is 11.6 Å². The van der Waals surface area contributed by atoms with Gasteiger partial charge in [-0.1, -0.05) is 11.8 Å². The molecule has 0 aliphatic carbocycles. The van der Waals surface area contributed by atoms with Gasteiger partial charge < -0.3 is 25.3 Å². The highest BCUT2D eigenvalue weighted by molar-refractivity contribution is 7.09. The van der Waals surface area contributed by atoms with E-state index in [0.29, 0.717) is 38.7 Å². The van der Waals surface area contributed by atoms with Gasteiger partial charge in [0.15, 0.2) is 11.4 Å². The largest absolute Gasteiger partial charge is 0.496 e. The van der Waals surface area contributed by atoms with E-state index in [4.69, 9.17) is 20.2 Å². The summed E-state index contributed by atoms with van der Waals surface area (Å²) in [6, 6.07) is 8.84. The van der Waals surface area contributed by atoms with Crippen molar-refractivity contribution in [1.29, 1.82) is 0 Å². The molecule has 0 bridgehead atoms. The lowest BCUT2D eigenvalue weighted by Gasteiger charge is -2.12. The van der Waals surface area contributed by atoms with Gasteiger partial charge in [0.1, 0.15) is 16.3 Å². The third-order valence-electron chi connectivity index (χ3n) is 5.41. The zero-order valence-corrected chi connectivity index (χ0v) is 20.5. The monoisotopic (exact) mass is 512 g/mol. The van der Waals surface area contributed by atoms with Crippen molar-refractivity contribution in [2.24, 2.45) is 5.73 Å². The minimum absolute atomic E-state index is 0.00794. The highest BCUT2D eigenvalue weighted by Gasteiger charge is 2.23. The molecule has 1 atom stereocenters. The van der Waals surface area contributed by atoms with Crippen molar-refractivity contribution in [3.05, 3.63) is 71.1 Å². The Hall–Kier alpha value is -4.79. The van der Waals surface area contributed by atoms with E-state index in [0.717, 1.165) is 11.1 Å². The summed E-state index contributed by atoms with van der Waals surface area (Å²) in [5.74, 6) is 6.85. The molecule has 11 heteroatoms. The molecule has 0 saturated heterocycles. The van der Waals surface area contributed by atoms with Crippen molar-refractivity contribution < 1.29 is 19.4 Å². The summed E-state index contributed by atoms with van der Waals surface area (Å²) in [5.41, 5.74) is 7.64. The van der Waals surface area contributed by atoms with Crippen molar-refractivity contribution in [2.75, 3.05) is 7.11 Å². The third kappa shape index (κ3) is 4.84. The molecule has 4 N–H and O–H groups in total. The number of fused-ring (bicyclic) bond motifs is 1. The molecule has 5 aromatic rings. The number of aromatic nitrogens is 5. The number of nitrogens with one attached hydrogen (secondary N) is 1. The fourth-order valence-electron chi connectivity index (χ4n) is 3.69. The van der Waals surface area contributed by atoms with Crippen LogP contribution in [0.25, 0.3) is 33.5 Å². The summed E-state index contributed by atoms with van der Waals surface area (Å²) in [6.45, 7) is 1.61. The van der Waals surface area contributed by atoms with Crippen LogP contribution in [0, 0.1) is 11.8 Å². The second-order valence-corrected chi connectivity index (χ2v) is 8.90. The quantitative estimate of drug-likeness (QED) is 0.301. The number of pyridine rings is 1. The van der Waals surface area contributed by atoms with Crippen LogP contribution in [0.1, 0.15) is 17.5 Å². The topological polar surface area (TPSA) is 149 Å². The Balaban J connectivity index is 1.59. The number of aromatic amines is 1. The van der Waals surface area contributed by atoms with E-state index in [1.807, 2.05) is 12.1 Å². The van der Waals surface area contributed by atoms with Gasteiger partial charge in [0, 0.05) is 40.7 Å². The lowest BCUT2D eigenvalue weighted by molar-refractivity contribution is 0.122. The number of rotatable bonds is 5. The van der Waals surface area contributed by atoms with Crippen LogP contribution in [0.2, 0.25) is 0 Å². The van der Waals surface area contributed by atoms with Gasteiger partial charge in [-0.05, 0) is 37.3 Å². The Bertz CT molecular complexity index is 1670. The SMILES string of the molecule is COc1ccc(C#CC(C)(O)c2nccs2)cc1-c1c[nH]c2cnc(-c3cccnc3OC(N)=O)nc12. The molecule has 0 aliphatic heterocycles. The van der Waals surface area contributed by atoms with E-state index in [9.17, 15) is 9.90 Å². The zero-order chi connectivity index (χ0) is 26.0. The fourth-order valence-corrected chi connectivity index (χ4v) is 4.34. The number of nitrogens with zero attached hydrogens (tertiary/aromatic N) is 4. The highest BCUT2D eigenvalue weighted by Crippen LogP contribution is 2.36. The Morgan fingerprint density at radius 3 is 2.78 bits per heavy atom. The molecular formula is C26H20N6O4S. The molecule has 1 aromatic carbocycles. The van der Waals surface area contributed by atoms with Gasteiger partial charge in [-0.25, -0.2) is 24.7 Å². The number of carbonyl (C=O) groups is 1. The summed E-state index contributed by atoms with van der Waals surface area (Å²) in [5, 5.41) is 13.0. The number of thiazole rings is 1. The smallest absolute Gasteiger partial charge is 0.411 e. The Morgan fingerprint density at radius 1 is 1.16 bits per heavy atom. The second kappa shape index (κ2) is 9.69. The van der Waals surface area contributed by atoms with Crippen molar-refractivity contribution in [3.63, 3.8) is 0 Å². The van der Waals surface area contributed by atoms with E-state index >= 15 is 0 Å². The van der Waals surface area contributed by atoms with Crippen molar-refractivity contribution >= 4 is 28.5 Å². The van der Waals surface area contributed by atoms with E-state index < -0.39 is 11.7 Å². The Labute approximate surface area is 215 Å². The summed E-state index contributed by atoms with van der Waals surface area (Å²) in [4.78, 5) is 31.8. The standard InChI is InChI=1S/C26H20N6O4S/c1-26(34,24-29-10-11-37-24)8-7-15-5-6-20(35-2)17(12-15)18-13-30-19-14-31-22(32-21(18)19)16-4-3-9-28-23(16)36-25(27)33/h3-6,9-14,30,34H,1-2H3,(H2,27,33). The lowest BCUT2D eigenvalue weighted by Crippen LogP contribution is -2.17. The molecule has 37 heavy (non-hydrogen) atoms. The van der Waals surface area contributed by atoms with E-state index in [1.165, 1.54) is 17.5 Å². The molecule has 0 spiro atoms. The molecule has 0 saturated carbocycles. The molecule has 0 fully saturated rings. The fraction of sp³-hybridized carbons (Fsp3) is 0.115. The first kappa shape index (κ1) is 23.9. The summed E-state index contributed by atoms with van der Waals surface area (Å²) < 4.78 is 10.6. The van der Waals surface area contributed by atoms with Gasteiger partial charge in [-0.3, -0.25) is 0 Å². The molecule has 184 valence electrons. The Morgan fingerprint density at radius 2 is 2.03 bits per heavy atom. The van der Waals surface area contributed by atoms with Gasteiger partial charge in [-0.2, -0.15) is 0 Å². The van der Waals surface area contributed by atoms with Gasteiger partial charge >= 0.3 is 6.09 Å². The third-order valence-corrected chi connectivity index (χ3v) is 6.40. The number of amides is 1. The maximum atomic E-state index is 11.3. The van der Waals surface area contributed by atoms with Crippen LogP contribution in [0.3, 0.4) is 0 Å². The highest BCUT2D eigenvalue weighted by atomic mass is 32.1. The summed E-state index contributed by atoms with van der Waals surface area (Å²) in [7, 11) is 1.58. The molecule has 4 aromatic heterocycles. The van der Waals surface area contributed by atoms with E-state index in [2.05, 4.69) is 31.8 Å². The first-order valence-electron chi connectivity index (χ1n) is 11.0. The predicted octanol–water partition coefficient (Wildman–Crippen LogP) is 3.87. The lowest BCUT2D eigenvalue weighted by atomic mass is 10.0. The molecule has 10 nitrogen and oxygen atoms in total. The molecule has 1 unspecified atom stereocenters. The zero-order valence-electron chi connectivity index (χ0n) is 19.7. The van der Waals surface area contributed by atoms with Crippen LogP contribution in [0.4, 0.5) is 4.79 Å². The first-order chi connectivity index (χ1) is 17.9. The number of methoxy groups -OCH3 is 1. The van der Waals surface area contributed by atoms with Gasteiger partial charge in [0.05, 0.1) is 24.4 Å². The molecule has 5 rings (SSSR count). The molecule has 0 aliphatic rings. The number of hydrogen-bond donors (Lipinski definition) is 3. The van der Waals surface area contributed by atoms with Gasteiger partial charge in [0.2, 0.25) is 5.88 Å². The molecule has 1 amide bonds. The van der Waals surface area contributed by atoms with Crippen LogP contribution >= 0.6 is 11.3 Å². The average molecular weight is 513 g/mol. The number of aliphatic hydroxyl groups is 1. The maximum absolute atomic E-state index is 11.3. The van der Waals surface area contributed by atoms with Crippen molar-refractivity contribution in [2.45, 2.75) is 12.5 Å². The van der Waals surface area contributed by atoms with Gasteiger partial charge in [0.25, 0.3) is 0 Å². The first-order valence-corrected chi connectivity index (χ1v) is 11.8. The number of carbonyl (C=O) groups excluding carboxylic acids is 1. The molecule has 0 radical (unpaired) electrons. The number of benzene rings is 1. The number of H-pyrrole nitrogens is 1. The average Bonchev–Trinajstić information content (AvgIpc) is 3.58. The number of hydrogen-bond acceptors (Lipinski definition) is 9. The van der Waals surface area contributed by atoms with Crippen molar-refractivity contribution in [1.82, 2.24) is 24.9 Å². The summed E-state index contributed by atoms with van der Waals surface area (Å²) in [6.07, 6.45) is 5.55. The normalized spacial score (nSPS) is 12.4. The van der Waals surface area contributed by atoms with Crippen LogP contribution in [-0.4, -0.2) is 43.2 Å². The second-order valence-electron chi connectivity index (χ2n) is 8.01. The number of ether oxygens (including phenoxy) is 2. The van der Waals surface area contributed by atoms with E-state index in [1.54, 1.807) is 56.2 Å². The van der Waals surface area contributed by atoms with Crippen LogP contribution in [-0.2, 0) is 5.60 Å². The van der Waals surface area contributed by atoms with E-state index in [-0.39, 0.29) is 5.88 Å². The number of nitrogens with two attached hydrogens (primary N) is 1. The van der Waals surface area contributed by atoms with Crippen LogP contribution < -0.4 is 15.2 Å². The molecule has 4 heterocycles. The number of primary amides is 1.